The lowest BCUT2D eigenvalue weighted by Crippen LogP contribution is -2.02. The number of hydrogen-bond acceptors (Lipinski definition) is 2. The van der Waals surface area contributed by atoms with Crippen molar-refractivity contribution in [1.29, 1.82) is 0 Å². The van der Waals surface area contributed by atoms with E-state index in [1.54, 1.807) is 0 Å². The number of anilines is 1. The van der Waals surface area contributed by atoms with Crippen LogP contribution >= 0.6 is 0 Å². The van der Waals surface area contributed by atoms with E-state index in [-0.39, 0.29) is 0 Å². The van der Waals surface area contributed by atoms with E-state index in [1.165, 1.54) is 24.0 Å². The molecule has 2 N–H and O–H groups in total. The van der Waals surface area contributed by atoms with Crippen molar-refractivity contribution in [1.82, 2.24) is 10.2 Å². The van der Waals surface area contributed by atoms with Gasteiger partial charge in [0, 0.05) is 17.6 Å². The van der Waals surface area contributed by atoms with Crippen LogP contribution in [0.4, 0.5) is 5.69 Å². The predicted molar refractivity (Wildman–Crippen MR) is 81.8 cm³/mol. The Morgan fingerprint density at radius 2 is 2.00 bits per heavy atom. The number of aromatic amines is 1. The first-order valence-electron chi connectivity index (χ1n) is 7.15. The van der Waals surface area contributed by atoms with Gasteiger partial charge in [-0.05, 0) is 42.0 Å². The molecule has 3 nitrogen and oxygen atoms in total. The third kappa shape index (κ3) is 2.05. The summed E-state index contributed by atoms with van der Waals surface area (Å²) in [6.07, 6.45) is 4.56. The lowest BCUT2D eigenvalue weighted by Gasteiger charge is -2.11. The second-order valence-electron chi connectivity index (χ2n) is 5.46. The van der Waals surface area contributed by atoms with Gasteiger partial charge in [0.15, 0.2) is 0 Å². The van der Waals surface area contributed by atoms with E-state index in [2.05, 4.69) is 51.9 Å². The molecule has 1 fully saturated rings. The van der Waals surface area contributed by atoms with Crippen LogP contribution in [0.2, 0.25) is 0 Å². The summed E-state index contributed by atoms with van der Waals surface area (Å²) in [5.74, 6) is 0.790. The Balaban J connectivity index is 1.60. The van der Waals surface area contributed by atoms with Crippen molar-refractivity contribution in [3.63, 3.8) is 0 Å². The molecule has 3 heteroatoms. The molecule has 100 valence electrons. The Kier molecular flexibility index (Phi) is 2.69. The van der Waals surface area contributed by atoms with E-state index in [0.29, 0.717) is 0 Å². The number of nitrogens with one attached hydrogen (secondary N) is 2. The van der Waals surface area contributed by atoms with Crippen molar-refractivity contribution in [3.05, 3.63) is 59.8 Å². The van der Waals surface area contributed by atoms with Crippen LogP contribution in [0, 0.1) is 0 Å². The molecule has 0 aliphatic heterocycles. The monoisotopic (exact) mass is 263 g/mol. The van der Waals surface area contributed by atoms with Crippen molar-refractivity contribution < 1.29 is 0 Å². The number of fused-ring (bicyclic) bond motifs is 1. The topological polar surface area (TPSA) is 40.7 Å². The van der Waals surface area contributed by atoms with Crippen LogP contribution in [0.5, 0.6) is 0 Å². The normalized spacial score (nSPS) is 14.6. The first kappa shape index (κ1) is 11.5. The Hall–Kier alpha value is -2.29. The van der Waals surface area contributed by atoms with Gasteiger partial charge in [0.05, 0.1) is 11.7 Å². The molecule has 4 rings (SSSR count). The fourth-order valence-corrected chi connectivity index (χ4v) is 2.80. The van der Waals surface area contributed by atoms with Gasteiger partial charge >= 0.3 is 0 Å². The lowest BCUT2D eigenvalue weighted by atomic mass is 10.0. The van der Waals surface area contributed by atoms with Crippen LogP contribution in [0.15, 0.2) is 48.7 Å². The summed E-state index contributed by atoms with van der Waals surface area (Å²) in [7, 11) is 0. The van der Waals surface area contributed by atoms with Gasteiger partial charge in [-0.3, -0.25) is 5.10 Å². The van der Waals surface area contributed by atoms with Crippen LogP contribution in [0.3, 0.4) is 0 Å². The third-order valence-electron chi connectivity index (χ3n) is 4.03. The molecule has 1 aliphatic rings. The van der Waals surface area contributed by atoms with Gasteiger partial charge in [0.1, 0.15) is 0 Å². The molecular formula is C17H17N3. The Morgan fingerprint density at radius 3 is 2.90 bits per heavy atom. The quantitative estimate of drug-likeness (QED) is 0.745. The van der Waals surface area contributed by atoms with E-state index >= 15 is 0 Å². The molecule has 0 radical (unpaired) electrons. The summed E-state index contributed by atoms with van der Waals surface area (Å²) in [6.45, 7) is 0.872. The summed E-state index contributed by atoms with van der Waals surface area (Å²) in [6, 6.07) is 15.0. The number of rotatable bonds is 4. The SMILES string of the molecule is c1ccc(C2CC2)c(CNc2cccc3[nH]ncc23)c1. The average molecular weight is 263 g/mol. The van der Waals surface area contributed by atoms with Crippen molar-refractivity contribution >= 4 is 16.6 Å². The van der Waals surface area contributed by atoms with E-state index < -0.39 is 0 Å². The van der Waals surface area contributed by atoms with Crippen LogP contribution in [-0.2, 0) is 6.54 Å². The Morgan fingerprint density at radius 1 is 1.10 bits per heavy atom. The molecule has 0 bridgehead atoms. The summed E-state index contributed by atoms with van der Waals surface area (Å²) in [5, 5.41) is 11.8. The predicted octanol–water partition coefficient (Wildman–Crippen LogP) is 4.05. The molecule has 1 heterocycles. The van der Waals surface area contributed by atoms with Crippen molar-refractivity contribution in [3.8, 4) is 0 Å². The number of nitrogens with zero attached hydrogens (tertiary/aromatic N) is 1. The van der Waals surface area contributed by atoms with Crippen molar-refractivity contribution in [2.45, 2.75) is 25.3 Å². The zero-order chi connectivity index (χ0) is 13.4. The van der Waals surface area contributed by atoms with E-state index in [1.807, 2.05) is 12.3 Å². The maximum absolute atomic E-state index is 4.11. The van der Waals surface area contributed by atoms with E-state index in [4.69, 9.17) is 0 Å². The number of hydrogen-bond donors (Lipinski definition) is 2. The molecule has 3 aromatic rings. The van der Waals surface area contributed by atoms with Gasteiger partial charge in [-0.15, -0.1) is 0 Å². The van der Waals surface area contributed by atoms with Gasteiger partial charge in [-0.25, -0.2) is 0 Å². The Bertz CT molecular complexity index is 741. The maximum Gasteiger partial charge on any atom is 0.0671 e. The molecular weight excluding hydrogens is 246 g/mol. The van der Waals surface area contributed by atoms with Crippen LogP contribution in [-0.4, -0.2) is 10.2 Å². The number of benzene rings is 2. The van der Waals surface area contributed by atoms with Crippen LogP contribution in [0.1, 0.15) is 29.9 Å². The highest BCUT2D eigenvalue weighted by Crippen LogP contribution is 2.41. The smallest absolute Gasteiger partial charge is 0.0671 e. The molecule has 1 saturated carbocycles. The standard InChI is InChI=1S/C17H17N3/c1-2-5-14(12-8-9-12)13(4-1)10-18-16-6-3-7-17-15(16)11-19-20-17/h1-7,11-12,18H,8-10H2,(H,19,20). The fourth-order valence-electron chi connectivity index (χ4n) is 2.80. The Labute approximate surface area is 118 Å². The number of H-pyrrole nitrogens is 1. The number of aromatic nitrogens is 2. The van der Waals surface area contributed by atoms with Crippen LogP contribution in [0.25, 0.3) is 10.9 Å². The molecule has 1 aromatic heterocycles. The lowest BCUT2D eigenvalue weighted by molar-refractivity contribution is 1.04. The van der Waals surface area contributed by atoms with E-state index in [9.17, 15) is 0 Å². The highest BCUT2D eigenvalue weighted by atomic mass is 15.1. The van der Waals surface area contributed by atoms with Gasteiger partial charge in [0.2, 0.25) is 0 Å². The largest absolute Gasteiger partial charge is 0.380 e. The fraction of sp³-hybridized carbons (Fsp3) is 0.235. The van der Waals surface area contributed by atoms with E-state index in [0.717, 1.165) is 29.1 Å². The van der Waals surface area contributed by atoms with Crippen molar-refractivity contribution in [2.24, 2.45) is 0 Å². The van der Waals surface area contributed by atoms with Gasteiger partial charge in [-0.2, -0.15) is 5.10 Å². The summed E-state index contributed by atoms with van der Waals surface area (Å²) in [4.78, 5) is 0. The molecule has 0 amide bonds. The third-order valence-corrected chi connectivity index (χ3v) is 4.03. The molecule has 0 unspecified atom stereocenters. The second-order valence-corrected chi connectivity index (χ2v) is 5.46. The zero-order valence-corrected chi connectivity index (χ0v) is 11.3. The molecule has 0 atom stereocenters. The molecule has 2 aromatic carbocycles. The summed E-state index contributed by atoms with van der Waals surface area (Å²) < 4.78 is 0. The summed E-state index contributed by atoms with van der Waals surface area (Å²) >= 11 is 0. The maximum atomic E-state index is 4.11. The minimum Gasteiger partial charge on any atom is -0.380 e. The summed E-state index contributed by atoms with van der Waals surface area (Å²) in [5.41, 5.74) is 5.14. The minimum atomic E-state index is 0.790. The van der Waals surface area contributed by atoms with Crippen molar-refractivity contribution in [2.75, 3.05) is 5.32 Å². The molecule has 1 aliphatic carbocycles. The van der Waals surface area contributed by atoms with Crippen LogP contribution < -0.4 is 5.32 Å². The second kappa shape index (κ2) is 4.67. The highest BCUT2D eigenvalue weighted by Gasteiger charge is 2.25. The molecule has 0 spiro atoms. The van der Waals surface area contributed by atoms with Gasteiger partial charge in [0.25, 0.3) is 0 Å². The molecule has 20 heavy (non-hydrogen) atoms. The first-order chi connectivity index (χ1) is 9.92. The first-order valence-corrected chi connectivity index (χ1v) is 7.15. The zero-order valence-electron chi connectivity index (χ0n) is 11.3. The molecule has 0 saturated heterocycles. The van der Waals surface area contributed by atoms with Gasteiger partial charge < -0.3 is 5.32 Å². The minimum absolute atomic E-state index is 0.790. The van der Waals surface area contributed by atoms with Gasteiger partial charge in [-0.1, -0.05) is 30.3 Å². The highest BCUT2D eigenvalue weighted by molar-refractivity contribution is 5.90. The average Bonchev–Trinajstić information content (AvgIpc) is 3.22.